The van der Waals surface area contributed by atoms with E-state index in [2.05, 4.69) is 0 Å². The molecule has 1 aliphatic heterocycles. The first kappa shape index (κ1) is 12.7. The van der Waals surface area contributed by atoms with E-state index >= 15 is 0 Å². The molecule has 0 amide bonds. The third kappa shape index (κ3) is 2.93. The minimum Gasteiger partial charge on any atom is -0.378 e. The van der Waals surface area contributed by atoms with Crippen LogP contribution in [0.25, 0.3) is 0 Å². The molecule has 1 saturated heterocycles. The normalized spacial score (nSPS) is 20.3. The number of hydrogen-bond donors (Lipinski definition) is 0. The van der Waals surface area contributed by atoms with Gasteiger partial charge in [0.05, 0.1) is 12.2 Å². The van der Waals surface area contributed by atoms with Crippen LogP contribution in [-0.4, -0.2) is 18.5 Å². The average molecular weight is 247 g/mol. The van der Waals surface area contributed by atoms with Crippen LogP contribution in [0.4, 0.5) is 4.39 Å². The molecule has 0 spiro atoms. The van der Waals surface area contributed by atoms with Gasteiger partial charge in [0.25, 0.3) is 0 Å². The summed E-state index contributed by atoms with van der Waals surface area (Å²) in [6.45, 7) is 0.686. The van der Waals surface area contributed by atoms with Crippen LogP contribution >= 0.6 is 0 Å². The Morgan fingerprint density at radius 1 is 1.50 bits per heavy atom. The van der Waals surface area contributed by atoms with Gasteiger partial charge < -0.3 is 4.74 Å². The number of nitrogens with zero attached hydrogens (tertiary/aromatic N) is 1. The van der Waals surface area contributed by atoms with Gasteiger partial charge in [-0.25, -0.2) is 4.39 Å². The number of carbonyl (C=O) groups excluding carboxylic acids is 1. The second kappa shape index (κ2) is 5.74. The van der Waals surface area contributed by atoms with Crippen molar-refractivity contribution in [3.63, 3.8) is 0 Å². The highest BCUT2D eigenvalue weighted by atomic mass is 19.1. The molecule has 0 N–H and O–H groups in total. The first-order valence-corrected chi connectivity index (χ1v) is 6.00. The Morgan fingerprint density at radius 2 is 2.22 bits per heavy atom. The van der Waals surface area contributed by atoms with Gasteiger partial charge in [-0.1, -0.05) is 12.1 Å². The fraction of sp³-hybridized carbons (Fsp3) is 0.429. The minimum atomic E-state index is -0.824. The van der Waals surface area contributed by atoms with Gasteiger partial charge in [-0.05, 0) is 30.5 Å². The number of halogens is 1. The summed E-state index contributed by atoms with van der Waals surface area (Å²) < 4.78 is 18.2. The van der Waals surface area contributed by atoms with Crippen LogP contribution in [-0.2, 0) is 9.53 Å². The number of hydrogen-bond acceptors (Lipinski definition) is 3. The first-order valence-electron chi connectivity index (χ1n) is 6.00. The van der Waals surface area contributed by atoms with Crippen LogP contribution in [0.15, 0.2) is 24.3 Å². The first-order chi connectivity index (χ1) is 8.70. The third-order valence-corrected chi connectivity index (χ3v) is 3.11. The van der Waals surface area contributed by atoms with Crippen molar-refractivity contribution < 1.29 is 13.9 Å². The van der Waals surface area contributed by atoms with Gasteiger partial charge in [-0.3, -0.25) is 4.79 Å². The van der Waals surface area contributed by atoms with Crippen molar-refractivity contribution in [2.45, 2.75) is 31.3 Å². The van der Waals surface area contributed by atoms with Crippen LogP contribution in [0.2, 0.25) is 0 Å². The Balaban J connectivity index is 2.06. The smallest absolute Gasteiger partial charge is 0.157 e. The fourth-order valence-corrected chi connectivity index (χ4v) is 2.14. The Morgan fingerprint density at radius 3 is 2.78 bits per heavy atom. The molecule has 1 fully saturated rings. The molecule has 2 atom stereocenters. The highest BCUT2D eigenvalue weighted by Crippen LogP contribution is 2.22. The van der Waals surface area contributed by atoms with Crippen LogP contribution in [0.5, 0.6) is 0 Å². The van der Waals surface area contributed by atoms with Gasteiger partial charge in [0.1, 0.15) is 11.7 Å². The highest BCUT2D eigenvalue weighted by Gasteiger charge is 2.25. The number of carbonyl (C=O) groups is 1. The summed E-state index contributed by atoms with van der Waals surface area (Å²) in [5, 5.41) is 9.09. The molecule has 1 aromatic carbocycles. The predicted octanol–water partition coefficient (Wildman–Crippen LogP) is 2.57. The van der Waals surface area contributed by atoms with Crippen molar-refractivity contribution in [3.05, 3.63) is 35.6 Å². The van der Waals surface area contributed by atoms with E-state index in [1.54, 1.807) is 0 Å². The van der Waals surface area contributed by atoms with E-state index in [9.17, 15) is 9.18 Å². The fourth-order valence-electron chi connectivity index (χ4n) is 2.14. The van der Waals surface area contributed by atoms with Gasteiger partial charge >= 0.3 is 0 Å². The van der Waals surface area contributed by atoms with E-state index in [-0.39, 0.29) is 24.1 Å². The van der Waals surface area contributed by atoms with Gasteiger partial charge in [0.2, 0.25) is 0 Å². The van der Waals surface area contributed by atoms with Crippen molar-refractivity contribution in [1.29, 1.82) is 5.26 Å². The minimum absolute atomic E-state index is 0.0613. The maximum Gasteiger partial charge on any atom is 0.157 e. The molecule has 0 bridgehead atoms. The third-order valence-electron chi connectivity index (χ3n) is 3.11. The molecule has 3 nitrogen and oxygen atoms in total. The zero-order valence-corrected chi connectivity index (χ0v) is 9.93. The van der Waals surface area contributed by atoms with Crippen LogP contribution in [0.3, 0.4) is 0 Å². The number of benzene rings is 1. The van der Waals surface area contributed by atoms with Gasteiger partial charge in [-0.15, -0.1) is 0 Å². The predicted molar refractivity (Wildman–Crippen MR) is 63.4 cm³/mol. The molecule has 0 saturated carbocycles. The van der Waals surface area contributed by atoms with Crippen molar-refractivity contribution in [1.82, 2.24) is 0 Å². The molecule has 2 unspecified atom stereocenters. The van der Waals surface area contributed by atoms with Crippen LogP contribution in [0, 0.1) is 17.1 Å². The lowest BCUT2D eigenvalue weighted by molar-refractivity contribution is -0.121. The maximum atomic E-state index is 12.8. The zero-order chi connectivity index (χ0) is 13.0. The van der Waals surface area contributed by atoms with E-state index in [0.29, 0.717) is 12.2 Å². The van der Waals surface area contributed by atoms with Gasteiger partial charge in [-0.2, -0.15) is 5.26 Å². The molecular weight excluding hydrogens is 233 g/mol. The summed E-state index contributed by atoms with van der Waals surface area (Å²) >= 11 is 0. The summed E-state index contributed by atoms with van der Waals surface area (Å²) in [6, 6.07) is 7.48. The topological polar surface area (TPSA) is 50.1 Å². The lowest BCUT2D eigenvalue weighted by Crippen LogP contribution is -2.18. The van der Waals surface area contributed by atoms with Crippen LogP contribution < -0.4 is 0 Å². The summed E-state index contributed by atoms with van der Waals surface area (Å²) in [5.74, 6) is -1.35. The summed E-state index contributed by atoms with van der Waals surface area (Å²) in [6.07, 6.45) is 2.03. The maximum absolute atomic E-state index is 12.8. The van der Waals surface area contributed by atoms with Gasteiger partial charge in [0.15, 0.2) is 5.78 Å². The van der Waals surface area contributed by atoms with Crippen molar-refractivity contribution in [2.75, 3.05) is 6.61 Å². The molecule has 1 aromatic rings. The highest BCUT2D eigenvalue weighted by molar-refractivity contribution is 5.88. The number of Topliss-reactive ketones (excluding diaryl/α,β-unsaturated/α-hetero) is 1. The average Bonchev–Trinajstić information content (AvgIpc) is 2.85. The molecular formula is C14H14FNO2. The zero-order valence-electron chi connectivity index (χ0n) is 9.93. The number of nitriles is 1. The summed E-state index contributed by atoms with van der Waals surface area (Å²) in [5.41, 5.74) is 0.543. The molecule has 94 valence electrons. The van der Waals surface area contributed by atoms with Crippen molar-refractivity contribution in [2.24, 2.45) is 0 Å². The molecule has 1 aliphatic rings. The lowest BCUT2D eigenvalue weighted by atomic mass is 9.92. The Labute approximate surface area is 105 Å². The molecule has 0 aliphatic carbocycles. The molecule has 2 rings (SSSR count). The second-order valence-corrected chi connectivity index (χ2v) is 4.42. The Bertz CT molecular complexity index is 458. The monoisotopic (exact) mass is 247 g/mol. The van der Waals surface area contributed by atoms with Crippen molar-refractivity contribution >= 4 is 5.78 Å². The molecule has 0 radical (unpaired) electrons. The van der Waals surface area contributed by atoms with E-state index in [1.165, 1.54) is 24.3 Å². The largest absolute Gasteiger partial charge is 0.378 e. The van der Waals surface area contributed by atoms with Crippen molar-refractivity contribution in [3.8, 4) is 6.07 Å². The molecule has 0 aromatic heterocycles. The summed E-state index contributed by atoms with van der Waals surface area (Å²) in [7, 11) is 0. The van der Waals surface area contributed by atoms with E-state index in [4.69, 9.17) is 10.00 Å². The Hall–Kier alpha value is -1.73. The van der Waals surface area contributed by atoms with E-state index < -0.39 is 5.92 Å². The van der Waals surface area contributed by atoms with Crippen LogP contribution in [0.1, 0.15) is 30.7 Å². The quantitative estimate of drug-likeness (QED) is 0.821. The standard InChI is InChI=1S/C14H14FNO2/c15-11-5-3-10(4-6-11)13(9-16)14(17)8-12-2-1-7-18-12/h3-6,12-13H,1-2,7-8H2. The Kier molecular flexibility index (Phi) is 4.06. The number of rotatable bonds is 4. The molecule has 1 heterocycles. The molecule has 18 heavy (non-hydrogen) atoms. The summed E-state index contributed by atoms with van der Waals surface area (Å²) in [4.78, 5) is 12.0. The number of ether oxygens (including phenoxy) is 1. The second-order valence-electron chi connectivity index (χ2n) is 4.42. The van der Waals surface area contributed by atoms with E-state index in [0.717, 1.165) is 12.8 Å². The molecule has 4 heteroatoms. The number of ketones is 1. The SMILES string of the molecule is N#CC(C(=O)CC1CCCO1)c1ccc(F)cc1. The lowest BCUT2D eigenvalue weighted by Gasteiger charge is -2.12. The van der Waals surface area contributed by atoms with Gasteiger partial charge in [0, 0.05) is 13.0 Å². The van der Waals surface area contributed by atoms with E-state index in [1.807, 2.05) is 6.07 Å².